The topological polar surface area (TPSA) is 35.8 Å². The van der Waals surface area contributed by atoms with Crippen LogP contribution < -0.4 is 5.32 Å². The van der Waals surface area contributed by atoms with Gasteiger partial charge in [-0.15, -0.1) is 0 Å². The predicted molar refractivity (Wildman–Crippen MR) is 66.8 cm³/mol. The molecule has 0 radical (unpaired) electrons. The Morgan fingerprint density at radius 2 is 2.25 bits per heavy atom. The molecule has 1 aromatic carbocycles. The van der Waals surface area contributed by atoms with Gasteiger partial charge in [-0.25, -0.2) is 4.39 Å². The lowest BCUT2D eigenvalue weighted by atomic mass is 10.1. The summed E-state index contributed by atoms with van der Waals surface area (Å²) in [6, 6.07) is 5.11. The maximum atomic E-state index is 13.2. The number of rotatable bonds is 4. The molecule has 0 aliphatic carbocycles. The molecule has 1 N–H and O–H groups in total. The first kappa shape index (κ1) is 13.0. The van der Waals surface area contributed by atoms with Crippen LogP contribution in [-0.2, 0) is 0 Å². The minimum atomic E-state index is -0.412. The lowest BCUT2D eigenvalue weighted by Gasteiger charge is -2.15. The van der Waals surface area contributed by atoms with E-state index in [1.165, 1.54) is 6.07 Å². The van der Waals surface area contributed by atoms with Crippen molar-refractivity contribution in [2.45, 2.75) is 32.7 Å². The molecule has 2 nitrogen and oxygen atoms in total. The second-order valence-corrected chi connectivity index (χ2v) is 4.61. The van der Waals surface area contributed by atoms with Gasteiger partial charge in [-0.3, -0.25) is 0 Å². The van der Waals surface area contributed by atoms with E-state index >= 15 is 0 Å². The zero-order chi connectivity index (χ0) is 12.1. The Labute approximate surface area is 104 Å². The summed E-state index contributed by atoms with van der Waals surface area (Å²) in [5.74, 6) is -0.412. The molecule has 4 heteroatoms. The van der Waals surface area contributed by atoms with Gasteiger partial charge in [-0.05, 0) is 41.4 Å². The van der Waals surface area contributed by atoms with Crippen molar-refractivity contribution in [2.24, 2.45) is 0 Å². The van der Waals surface area contributed by atoms with Crippen molar-refractivity contribution in [2.75, 3.05) is 5.32 Å². The van der Waals surface area contributed by atoms with E-state index in [1.54, 1.807) is 6.07 Å². The summed E-state index contributed by atoms with van der Waals surface area (Å²) >= 11 is 3.11. The highest BCUT2D eigenvalue weighted by atomic mass is 79.9. The molecule has 0 amide bonds. The summed E-state index contributed by atoms with van der Waals surface area (Å²) in [4.78, 5) is 0. The van der Waals surface area contributed by atoms with Crippen LogP contribution in [0.4, 0.5) is 10.1 Å². The first-order valence-electron chi connectivity index (χ1n) is 5.24. The number of nitrogens with zero attached hydrogens (tertiary/aromatic N) is 1. The Bertz CT molecular complexity index is 412. The average Bonchev–Trinajstić information content (AvgIpc) is 2.23. The molecule has 1 rings (SSSR count). The van der Waals surface area contributed by atoms with Gasteiger partial charge in [0.05, 0.1) is 15.7 Å². The highest BCUT2D eigenvalue weighted by molar-refractivity contribution is 9.10. The molecule has 0 spiro atoms. The van der Waals surface area contributed by atoms with Gasteiger partial charge in [-0.1, -0.05) is 13.3 Å². The van der Waals surface area contributed by atoms with Gasteiger partial charge in [0, 0.05) is 6.04 Å². The molecule has 0 saturated carbocycles. The summed E-state index contributed by atoms with van der Waals surface area (Å²) < 4.78 is 13.6. The first-order chi connectivity index (χ1) is 7.58. The Kier molecular flexibility index (Phi) is 4.75. The lowest BCUT2D eigenvalue weighted by Crippen LogP contribution is -2.15. The normalized spacial score (nSPS) is 11.9. The van der Waals surface area contributed by atoms with Gasteiger partial charge < -0.3 is 5.32 Å². The maximum Gasteiger partial charge on any atom is 0.138 e. The van der Waals surface area contributed by atoms with Crippen molar-refractivity contribution in [3.8, 4) is 6.07 Å². The molecule has 1 aromatic rings. The lowest BCUT2D eigenvalue weighted by molar-refractivity contribution is 0.620. The highest BCUT2D eigenvalue weighted by Gasteiger charge is 2.09. The Hall–Kier alpha value is -1.08. The second kappa shape index (κ2) is 5.86. The van der Waals surface area contributed by atoms with Crippen molar-refractivity contribution in [1.29, 1.82) is 5.26 Å². The van der Waals surface area contributed by atoms with E-state index in [9.17, 15) is 4.39 Å². The van der Waals surface area contributed by atoms with E-state index in [2.05, 4.69) is 28.2 Å². The summed E-state index contributed by atoms with van der Waals surface area (Å²) in [5.41, 5.74) is 1.01. The summed E-state index contributed by atoms with van der Waals surface area (Å²) in [7, 11) is 0. The number of hydrogen-bond acceptors (Lipinski definition) is 2. The molecule has 0 unspecified atom stereocenters. The largest absolute Gasteiger partial charge is 0.381 e. The number of nitrogens with one attached hydrogen (secondary N) is 1. The monoisotopic (exact) mass is 284 g/mol. The van der Waals surface area contributed by atoms with Gasteiger partial charge in [0.25, 0.3) is 0 Å². The fourth-order valence-electron chi connectivity index (χ4n) is 1.53. The maximum absolute atomic E-state index is 13.2. The Morgan fingerprint density at radius 1 is 1.56 bits per heavy atom. The van der Waals surface area contributed by atoms with Crippen molar-refractivity contribution in [3.63, 3.8) is 0 Å². The van der Waals surface area contributed by atoms with Crippen LogP contribution in [0.1, 0.15) is 32.3 Å². The molecule has 0 heterocycles. The quantitative estimate of drug-likeness (QED) is 0.905. The molecule has 0 aliphatic heterocycles. The molecule has 0 aliphatic rings. The average molecular weight is 285 g/mol. The Morgan fingerprint density at radius 3 is 2.81 bits per heavy atom. The predicted octanol–water partition coefficient (Wildman–Crippen LogP) is 4.06. The van der Waals surface area contributed by atoms with Gasteiger partial charge in [0.15, 0.2) is 0 Å². The van der Waals surface area contributed by atoms with Gasteiger partial charge in [0.1, 0.15) is 11.9 Å². The summed E-state index contributed by atoms with van der Waals surface area (Å²) in [6.45, 7) is 4.14. The van der Waals surface area contributed by atoms with Gasteiger partial charge in [-0.2, -0.15) is 5.26 Å². The van der Waals surface area contributed by atoms with Crippen molar-refractivity contribution in [3.05, 3.63) is 28.0 Å². The van der Waals surface area contributed by atoms with Gasteiger partial charge in [0.2, 0.25) is 0 Å². The molecule has 0 bridgehead atoms. The zero-order valence-corrected chi connectivity index (χ0v) is 10.9. The third kappa shape index (κ3) is 3.21. The van der Waals surface area contributed by atoms with Crippen LogP contribution in [0.3, 0.4) is 0 Å². The minimum Gasteiger partial charge on any atom is -0.381 e. The SMILES string of the molecule is CCC[C@H](C)Nc1cc(Br)c(F)cc1C#N. The molecule has 0 fully saturated rings. The van der Waals surface area contributed by atoms with Crippen LogP contribution in [0.5, 0.6) is 0 Å². The highest BCUT2D eigenvalue weighted by Crippen LogP contribution is 2.25. The molecule has 1 atom stereocenters. The van der Waals surface area contributed by atoms with E-state index in [-0.39, 0.29) is 6.04 Å². The molecule has 86 valence electrons. The van der Waals surface area contributed by atoms with E-state index in [0.717, 1.165) is 12.8 Å². The van der Waals surface area contributed by atoms with Crippen LogP contribution in [0.25, 0.3) is 0 Å². The van der Waals surface area contributed by atoms with Crippen LogP contribution in [0.15, 0.2) is 16.6 Å². The van der Waals surface area contributed by atoms with Crippen molar-refractivity contribution < 1.29 is 4.39 Å². The van der Waals surface area contributed by atoms with Crippen molar-refractivity contribution in [1.82, 2.24) is 0 Å². The Balaban J connectivity index is 2.95. The fourth-order valence-corrected chi connectivity index (χ4v) is 1.87. The van der Waals surface area contributed by atoms with Gasteiger partial charge >= 0.3 is 0 Å². The van der Waals surface area contributed by atoms with Crippen LogP contribution >= 0.6 is 15.9 Å². The number of anilines is 1. The second-order valence-electron chi connectivity index (χ2n) is 3.76. The van der Waals surface area contributed by atoms with E-state index < -0.39 is 5.82 Å². The number of nitriles is 1. The number of hydrogen-bond donors (Lipinski definition) is 1. The first-order valence-corrected chi connectivity index (χ1v) is 6.03. The molecule has 0 saturated heterocycles. The third-order valence-electron chi connectivity index (χ3n) is 2.30. The summed E-state index contributed by atoms with van der Waals surface area (Å²) in [6.07, 6.45) is 2.08. The van der Waals surface area contributed by atoms with Crippen LogP contribution in [0, 0.1) is 17.1 Å². The van der Waals surface area contributed by atoms with E-state index in [1.807, 2.05) is 13.0 Å². The number of benzene rings is 1. The van der Waals surface area contributed by atoms with E-state index in [4.69, 9.17) is 5.26 Å². The van der Waals surface area contributed by atoms with Crippen LogP contribution in [-0.4, -0.2) is 6.04 Å². The number of halogens is 2. The van der Waals surface area contributed by atoms with E-state index in [0.29, 0.717) is 15.7 Å². The summed E-state index contributed by atoms with van der Waals surface area (Å²) in [5, 5.41) is 12.1. The molecule has 16 heavy (non-hydrogen) atoms. The zero-order valence-electron chi connectivity index (χ0n) is 9.35. The van der Waals surface area contributed by atoms with Crippen molar-refractivity contribution >= 4 is 21.6 Å². The molecular formula is C12H14BrFN2. The third-order valence-corrected chi connectivity index (χ3v) is 2.91. The smallest absolute Gasteiger partial charge is 0.138 e. The minimum absolute atomic E-state index is 0.273. The molecular weight excluding hydrogens is 271 g/mol. The fraction of sp³-hybridized carbons (Fsp3) is 0.417. The standard InChI is InChI=1S/C12H14BrFN2/c1-3-4-8(2)16-12-6-10(13)11(14)5-9(12)7-15/h5-6,8,16H,3-4H2,1-2H3/t8-/m0/s1. The van der Waals surface area contributed by atoms with Crippen LogP contribution in [0.2, 0.25) is 0 Å². The molecule has 0 aromatic heterocycles.